The first kappa shape index (κ1) is 12.2. The zero-order valence-electron chi connectivity index (χ0n) is 8.64. The van der Waals surface area contributed by atoms with Gasteiger partial charge in [-0.05, 0) is 24.5 Å². The van der Waals surface area contributed by atoms with Gasteiger partial charge in [0, 0.05) is 6.61 Å². The first-order chi connectivity index (χ1) is 7.57. The molecule has 1 amide bonds. The second-order valence-electron chi connectivity index (χ2n) is 3.34. The number of aliphatic hydroxyl groups is 1. The minimum Gasteiger partial charge on any atom is -0.478 e. The molecule has 0 unspecified atom stereocenters. The number of carbonyl (C=O) groups is 2. The second-order valence-corrected chi connectivity index (χ2v) is 3.34. The van der Waals surface area contributed by atoms with Crippen LogP contribution in [-0.4, -0.2) is 28.7 Å². The molecule has 5 heteroatoms. The van der Waals surface area contributed by atoms with E-state index in [1.54, 1.807) is 12.1 Å². The molecule has 1 aromatic carbocycles. The van der Waals surface area contributed by atoms with Crippen LogP contribution in [0.3, 0.4) is 0 Å². The SMILES string of the molecule is NC(=O)c1c(CCCO)cccc1C(=O)O. The number of carboxylic acid groups (broad SMARTS) is 1. The van der Waals surface area contributed by atoms with Gasteiger partial charge in [-0.15, -0.1) is 0 Å². The number of hydrogen-bond donors (Lipinski definition) is 3. The second kappa shape index (κ2) is 5.27. The van der Waals surface area contributed by atoms with E-state index < -0.39 is 11.9 Å². The number of hydrogen-bond acceptors (Lipinski definition) is 3. The Morgan fingerprint density at radius 3 is 2.50 bits per heavy atom. The van der Waals surface area contributed by atoms with E-state index in [2.05, 4.69) is 0 Å². The topological polar surface area (TPSA) is 101 Å². The predicted octanol–water partition coefficient (Wildman–Crippen LogP) is 0.409. The maximum absolute atomic E-state index is 11.2. The van der Waals surface area contributed by atoms with Crippen molar-refractivity contribution >= 4 is 11.9 Å². The number of rotatable bonds is 5. The quantitative estimate of drug-likeness (QED) is 0.672. The molecular formula is C11H13NO4. The van der Waals surface area contributed by atoms with E-state index in [4.69, 9.17) is 15.9 Å². The number of amides is 1. The summed E-state index contributed by atoms with van der Waals surface area (Å²) in [5, 5.41) is 17.6. The van der Waals surface area contributed by atoms with Crippen LogP contribution >= 0.6 is 0 Å². The number of aromatic carboxylic acids is 1. The normalized spacial score (nSPS) is 10.1. The highest BCUT2D eigenvalue weighted by atomic mass is 16.4. The Kier molecular flexibility index (Phi) is 4.02. The number of aliphatic hydroxyl groups excluding tert-OH is 1. The van der Waals surface area contributed by atoms with Crippen LogP contribution in [0.15, 0.2) is 18.2 Å². The molecule has 0 fully saturated rings. The van der Waals surface area contributed by atoms with Crippen LogP contribution in [0.1, 0.15) is 32.7 Å². The van der Waals surface area contributed by atoms with E-state index in [9.17, 15) is 9.59 Å². The summed E-state index contributed by atoms with van der Waals surface area (Å²) in [6.07, 6.45) is 0.888. The Balaban J connectivity index is 3.21. The van der Waals surface area contributed by atoms with Gasteiger partial charge >= 0.3 is 5.97 Å². The van der Waals surface area contributed by atoms with Gasteiger partial charge < -0.3 is 15.9 Å². The molecule has 0 saturated heterocycles. The molecule has 0 aliphatic heterocycles. The third-order valence-electron chi connectivity index (χ3n) is 2.23. The smallest absolute Gasteiger partial charge is 0.336 e. The monoisotopic (exact) mass is 223 g/mol. The van der Waals surface area contributed by atoms with Crippen molar-refractivity contribution in [3.8, 4) is 0 Å². The van der Waals surface area contributed by atoms with Gasteiger partial charge in [-0.2, -0.15) is 0 Å². The summed E-state index contributed by atoms with van der Waals surface area (Å²) in [5.41, 5.74) is 5.65. The number of carbonyl (C=O) groups excluding carboxylic acids is 1. The predicted molar refractivity (Wildman–Crippen MR) is 57.3 cm³/mol. The van der Waals surface area contributed by atoms with E-state index in [1.807, 2.05) is 0 Å². The Labute approximate surface area is 92.5 Å². The van der Waals surface area contributed by atoms with Crippen LogP contribution < -0.4 is 5.73 Å². The van der Waals surface area contributed by atoms with E-state index >= 15 is 0 Å². The molecule has 0 saturated carbocycles. The molecule has 0 aliphatic rings. The fourth-order valence-electron chi connectivity index (χ4n) is 1.55. The lowest BCUT2D eigenvalue weighted by Crippen LogP contribution is -2.19. The summed E-state index contributed by atoms with van der Waals surface area (Å²) in [6.45, 7) is -0.0184. The average molecular weight is 223 g/mol. The highest BCUT2D eigenvalue weighted by Crippen LogP contribution is 2.16. The van der Waals surface area contributed by atoms with Gasteiger partial charge in [-0.1, -0.05) is 12.1 Å². The van der Waals surface area contributed by atoms with E-state index in [0.29, 0.717) is 18.4 Å². The Morgan fingerprint density at radius 1 is 1.31 bits per heavy atom. The lowest BCUT2D eigenvalue weighted by atomic mass is 9.97. The van der Waals surface area contributed by atoms with Crippen molar-refractivity contribution in [2.45, 2.75) is 12.8 Å². The standard InChI is InChI=1S/C11H13NO4/c12-10(14)9-7(4-2-6-13)3-1-5-8(9)11(15)16/h1,3,5,13H,2,4,6H2,(H2,12,14)(H,15,16). The van der Waals surface area contributed by atoms with Gasteiger partial charge in [0.15, 0.2) is 0 Å². The molecule has 4 N–H and O–H groups in total. The lowest BCUT2D eigenvalue weighted by molar-refractivity contribution is 0.0692. The van der Waals surface area contributed by atoms with Gasteiger partial charge in [-0.3, -0.25) is 4.79 Å². The van der Waals surface area contributed by atoms with Crippen molar-refractivity contribution in [3.05, 3.63) is 34.9 Å². The largest absolute Gasteiger partial charge is 0.478 e. The molecule has 1 rings (SSSR count). The van der Waals surface area contributed by atoms with Crippen LogP contribution in [-0.2, 0) is 6.42 Å². The van der Waals surface area contributed by atoms with Crippen molar-refractivity contribution in [1.82, 2.24) is 0 Å². The average Bonchev–Trinajstić information content (AvgIpc) is 2.25. The third kappa shape index (κ3) is 2.58. The molecule has 1 aromatic rings. The van der Waals surface area contributed by atoms with Crippen LogP contribution in [0, 0.1) is 0 Å². The van der Waals surface area contributed by atoms with Crippen LogP contribution in [0.2, 0.25) is 0 Å². The molecule has 0 heterocycles. The zero-order chi connectivity index (χ0) is 12.1. The molecule has 0 radical (unpaired) electrons. The first-order valence-corrected chi connectivity index (χ1v) is 4.83. The van der Waals surface area contributed by atoms with Crippen LogP contribution in [0.5, 0.6) is 0 Å². The molecule has 0 bridgehead atoms. The minimum absolute atomic E-state index is 0.0184. The van der Waals surface area contributed by atoms with Crippen LogP contribution in [0.4, 0.5) is 0 Å². The summed E-state index contributed by atoms with van der Waals surface area (Å²) in [5.74, 6) is -1.94. The Bertz CT molecular complexity index is 414. The fraction of sp³-hybridized carbons (Fsp3) is 0.273. The minimum atomic E-state index is -1.18. The number of nitrogens with two attached hydrogens (primary N) is 1. The summed E-state index contributed by atoms with van der Waals surface area (Å²) < 4.78 is 0. The summed E-state index contributed by atoms with van der Waals surface area (Å²) in [4.78, 5) is 22.1. The van der Waals surface area contributed by atoms with Gasteiger partial charge in [0.1, 0.15) is 0 Å². The number of carboxylic acids is 1. The maximum atomic E-state index is 11.2. The van der Waals surface area contributed by atoms with Crippen molar-refractivity contribution in [3.63, 3.8) is 0 Å². The van der Waals surface area contributed by atoms with Crippen molar-refractivity contribution in [2.24, 2.45) is 5.73 Å². The fourth-order valence-corrected chi connectivity index (χ4v) is 1.55. The van der Waals surface area contributed by atoms with Gasteiger partial charge in [0.25, 0.3) is 0 Å². The van der Waals surface area contributed by atoms with E-state index in [0.717, 1.165) is 0 Å². The third-order valence-corrected chi connectivity index (χ3v) is 2.23. The summed E-state index contributed by atoms with van der Waals surface area (Å²) >= 11 is 0. The highest BCUT2D eigenvalue weighted by Gasteiger charge is 2.17. The van der Waals surface area contributed by atoms with Gasteiger partial charge in [0.05, 0.1) is 11.1 Å². The van der Waals surface area contributed by atoms with Gasteiger partial charge in [0.2, 0.25) is 5.91 Å². The molecule has 0 atom stereocenters. The Morgan fingerprint density at radius 2 is 2.00 bits per heavy atom. The molecule has 86 valence electrons. The molecule has 16 heavy (non-hydrogen) atoms. The molecular weight excluding hydrogens is 210 g/mol. The zero-order valence-corrected chi connectivity index (χ0v) is 8.64. The van der Waals surface area contributed by atoms with Crippen molar-refractivity contribution in [1.29, 1.82) is 0 Å². The van der Waals surface area contributed by atoms with E-state index in [1.165, 1.54) is 6.07 Å². The number of aryl methyl sites for hydroxylation is 1. The molecule has 0 aromatic heterocycles. The van der Waals surface area contributed by atoms with Crippen LogP contribution in [0.25, 0.3) is 0 Å². The Hall–Kier alpha value is -1.88. The van der Waals surface area contributed by atoms with Crippen molar-refractivity contribution < 1.29 is 19.8 Å². The summed E-state index contributed by atoms with van der Waals surface area (Å²) in [6, 6.07) is 4.54. The van der Waals surface area contributed by atoms with Crippen molar-refractivity contribution in [2.75, 3.05) is 6.61 Å². The number of primary amides is 1. The molecule has 5 nitrogen and oxygen atoms in total. The van der Waals surface area contributed by atoms with E-state index in [-0.39, 0.29) is 17.7 Å². The molecule has 0 spiro atoms. The first-order valence-electron chi connectivity index (χ1n) is 4.83. The van der Waals surface area contributed by atoms with Gasteiger partial charge in [-0.25, -0.2) is 4.79 Å². The lowest BCUT2D eigenvalue weighted by Gasteiger charge is -2.08. The molecule has 0 aliphatic carbocycles. The summed E-state index contributed by atoms with van der Waals surface area (Å²) in [7, 11) is 0. The maximum Gasteiger partial charge on any atom is 0.336 e. The number of benzene rings is 1. The highest BCUT2D eigenvalue weighted by molar-refractivity contribution is 6.05.